The highest BCUT2D eigenvalue weighted by Crippen LogP contribution is 2.16. The number of nitrogens with one attached hydrogen (secondary N) is 2. The molecule has 1 amide bonds. The van der Waals surface area contributed by atoms with Gasteiger partial charge in [-0.2, -0.15) is 5.10 Å². The SMILES string of the molecule is CCCCCn1nc(C(=O)NNS(=O)(=O)c2ccc(OCC)cc2)c2ccccc2c1=O. The zero-order chi connectivity index (χ0) is 23.1. The molecule has 2 aromatic carbocycles. The first-order chi connectivity index (χ1) is 15.4. The van der Waals surface area contributed by atoms with Gasteiger partial charge in [-0.3, -0.25) is 15.0 Å². The lowest BCUT2D eigenvalue weighted by molar-refractivity contribution is 0.0939. The van der Waals surface area contributed by atoms with Crippen molar-refractivity contribution in [2.45, 2.75) is 44.6 Å². The van der Waals surface area contributed by atoms with Crippen LogP contribution in [0.3, 0.4) is 0 Å². The third kappa shape index (κ3) is 5.32. The van der Waals surface area contributed by atoms with E-state index >= 15 is 0 Å². The van der Waals surface area contributed by atoms with Crippen LogP contribution in [0, 0.1) is 0 Å². The van der Waals surface area contributed by atoms with Crippen molar-refractivity contribution in [2.75, 3.05) is 6.61 Å². The number of hydrazine groups is 1. The van der Waals surface area contributed by atoms with Crippen molar-refractivity contribution in [3.05, 3.63) is 64.6 Å². The number of fused-ring (bicyclic) bond motifs is 1. The van der Waals surface area contributed by atoms with Gasteiger partial charge in [0.15, 0.2) is 5.69 Å². The third-order valence-electron chi connectivity index (χ3n) is 4.80. The van der Waals surface area contributed by atoms with E-state index in [0.717, 1.165) is 19.3 Å². The molecule has 0 unspecified atom stereocenters. The lowest BCUT2D eigenvalue weighted by Crippen LogP contribution is -2.42. The van der Waals surface area contributed by atoms with Crippen molar-refractivity contribution >= 4 is 26.7 Å². The maximum atomic E-state index is 12.8. The Morgan fingerprint density at radius 3 is 2.38 bits per heavy atom. The van der Waals surface area contributed by atoms with Crippen molar-refractivity contribution in [2.24, 2.45) is 0 Å². The number of carbonyl (C=O) groups excluding carboxylic acids is 1. The Morgan fingerprint density at radius 1 is 1.03 bits per heavy atom. The first kappa shape index (κ1) is 23.4. The number of hydrogen-bond acceptors (Lipinski definition) is 6. The Balaban J connectivity index is 1.84. The Hall–Kier alpha value is -3.24. The average molecular weight is 459 g/mol. The molecular formula is C22H26N4O5S. The summed E-state index contributed by atoms with van der Waals surface area (Å²) in [5, 5.41) is 4.91. The molecule has 9 nitrogen and oxygen atoms in total. The molecule has 0 saturated heterocycles. The molecule has 0 aliphatic carbocycles. The van der Waals surface area contributed by atoms with E-state index in [-0.39, 0.29) is 16.1 Å². The van der Waals surface area contributed by atoms with Gasteiger partial charge < -0.3 is 4.74 Å². The summed E-state index contributed by atoms with van der Waals surface area (Å²) in [7, 11) is -4.02. The molecule has 3 aromatic rings. The second kappa shape index (κ2) is 10.4. The molecule has 0 bridgehead atoms. The zero-order valence-electron chi connectivity index (χ0n) is 18.0. The van der Waals surface area contributed by atoms with Crippen molar-refractivity contribution in [3.8, 4) is 5.75 Å². The van der Waals surface area contributed by atoms with Crippen LogP contribution in [0.4, 0.5) is 0 Å². The van der Waals surface area contributed by atoms with E-state index in [0.29, 0.717) is 29.7 Å². The molecule has 0 aliphatic heterocycles. The number of amides is 1. The summed E-state index contributed by atoms with van der Waals surface area (Å²) in [4.78, 5) is 27.6. The topological polar surface area (TPSA) is 119 Å². The van der Waals surface area contributed by atoms with Gasteiger partial charge in [0.2, 0.25) is 0 Å². The molecule has 0 aliphatic rings. The van der Waals surface area contributed by atoms with E-state index in [1.807, 2.05) is 13.8 Å². The van der Waals surface area contributed by atoms with Crippen molar-refractivity contribution < 1.29 is 17.9 Å². The number of sulfonamides is 1. The molecule has 2 N–H and O–H groups in total. The Labute approximate surface area is 186 Å². The number of unbranched alkanes of at least 4 members (excludes halogenated alkanes) is 2. The minimum absolute atomic E-state index is 0.0360. The maximum absolute atomic E-state index is 12.8. The van der Waals surface area contributed by atoms with Gasteiger partial charge in [0.1, 0.15) is 5.75 Å². The van der Waals surface area contributed by atoms with Crippen LogP contribution in [-0.4, -0.2) is 30.7 Å². The molecule has 170 valence electrons. The van der Waals surface area contributed by atoms with Crippen LogP contribution in [0.5, 0.6) is 5.75 Å². The Morgan fingerprint density at radius 2 is 1.72 bits per heavy atom. The number of nitrogens with zero attached hydrogens (tertiary/aromatic N) is 2. The quantitative estimate of drug-likeness (QED) is 0.356. The minimum atomic E-state index is -4.02. The minimum Gasteiger partial charge on any atom is -0.494 e. The summed E-state index contributed by atoms with van der Waals surface area (Å²) < 4.78 is 31.7. The molecule has 0 saturated carbocycles. The van der Waals surface area contributed by atoms with Crippen LogP contribution in [-0.2, 0) is 16.6 Å². The van der Waals surface area contributed by atoms with Crippen LogP contribution >= 0.6 is 0 Å². The predicted molar refractivity (Wildman–Crippen MR) is 121 cm³/mol. The monoisotopic (exact) mass is 458 g/mol. The largest absolute Gasteiger partial charge is 0.494 e. The number of ether oxygens (including phenoxy) is 1. The van der Waals surface area contributed by atoms with E-state index in [1.165, 1.54) is 28.9 Å². The summed E-state index contributed by atoms with van der Waals surface area (Å²) in [5.74, 6) is -0.226. The first-order valence-electron chi connectivity index (χ1n) is 10.4. The fourth-order valence-corrected chi connectivity index (χ4v) is 4.02. The summed E-state index contributed by atoms with van der Waals surface area (Å²) in [6.45, 7) is 4.70. The van der Waals surface area contributed by atoms with Crippen molar-refractivity contribution in [1.82, 2.24) is 20.0 Å². The van der Waals surface area contributed by atoms with Crippen LogP contribution in [0.15, 0.2) is 58.2 Å². The standard InChI is InChI=1S/C22H26N4O5S/c1-3-5-8-15-26-22(28)19-10-7-6-9-18(19)20(24-26)21(27)23-25-32(29,30)17-13-11-16(12-14-17)31-4-2/h6-7,9-14,25H,3-5,8,15H2,1-2H3,(H,23,27). The number of hydrogen-bond donors (Lipinski definition) is 2. The van der Waals surface area contributed by atoms with E-state index < -0.39 is 15.9 Å². The maximum Gasteiger partial charge on any atom is 0.287 e. The van der Waals surface area contributed by atoms with Gasteiger partial charge in [0.05, 0.1) is 16.9 Å². The molecule has 1 aromatic heterocycles. The smallest absolute Gasteiger partial charge is 0.287 e. The molecule has 3 rings (SSSR count). The molecule has 10 heteroatoms. The highest BCUT2D eigenvalue weighted by molar-refractivity contribution is 7.89. The second-order valence-corrected chi connectivity index (χ2v) is 8.78. The summed E-state index contributed by atoms with van der Waals surface area (Å²) in [6.07, 6.45) is 2.64. The van der Waals surface area contributed by atoms with Gasteiger partial charge >= 0.3 is 0 Å². The number of rotatable bonds is 10. The van der Waals surface area contributed by atoms with Gasteiger partial charge in [0.25, 0.3) is 21.5 Å². The average Bonchev–Trinajstić information content (AvgIpc) is 2.80. The highest BCUT2D eigenvalue weighted by Gasteiger charge is 2.20. The first-order valence-corrected chi connectivity index (χ1v) is 11.9. The third-order valence-corrected chi connectivity index (χ3v) is 6.06. The van der Waals surface area contributed by atoms with E-state index in [4.69, 9.17) is 4.74 Å². The summed E-state index contributed by atoms with van der Waals surface area (Å²) >= 11 is 0. The molecule has 0 atom stereocenters. The Kier molecular flexibility index (Phi) is 7.60. The fraction of sp³-hybridized carbons (Fsp3) is 0.318. The number of aryl methyl sites for hydroxylation is 1. The van der Waals surface area contributed by atoms with Crippen LogP contribution in [0.2, 0.25) is 0 Å². The number of carbonyl (C=O) groups is 1. The van der Waals surface area contributed by atoms with Gasteiger partial charge in [-0.15, -0.1) is 4.83 Å². The summed E-state index contributed by atoms with van der Waals surface area (Å²) in [6, 6.07) is 12.4. The summed E-state index contributed by atoms with van der Waals surface area (Å²) in [5.41, 5.74) is 1.87. The van der Waals surface area contributed by atoms with Crippen LogP contribution in [0.25, 0.3) is 10.8 Å². The fourth-order valence-electron chi connectivity index (χ4n) is 3.18. The van der Waals surface area contributed by atoms with Crippen LogP contribution in [0.1, 0.15) is 43.6 Å². The molecule has 32 heavy (non-hydrogen) atoms. The van der Waals surface area contributed by atoms with Gasteiger partial charge in [-0.05, 0) is 43.7 Å². The van der Waals surface area contributed by atoms with Crippen LogP contribution < -0.4 is 20.6 Å². The van der Waals surface area contributed by atoms with Crippen molar-refractivity contribution in [1.29, 1.82) is 0 Å². The number of benzene rings is 2. The highest BCUT2D eigenvalue weighted by atomic mass is 32.2. The predicted octanol–water partition coefficient (Wildman–Crippen LogP) is 2.61. The molecule has 1 heterocycles. The van der Waals surface area contributed by atoms with Gasteiger partial charge in [-0.1, -0.05) is 38.0 Å². The number of aromatic nitrogens is 2. The molecule has 0 fully saturated rings. The second-order valence-electron chi connectivity index (χ2n) is 7.09. The van der Waals surface area contributed by atoms with Gasteiger partial charge in [-0.25, -0.2) is 13.1 Å². The van der Waals surface area contributed by atoms with E-state index in [9.17, 15) is 18.0 Å². The Bertz CT molecular complexity index is 1250. The van der Waals surface area contributed by atoms with Gasteiger partial charge in [0, 0.05) is 11.9 Å². The zero-order valence-corrected chi connectivity index (χ0v) is 18.8. The lowest BCUT2D eigenvalue weighted by Gasteiger charge is -2.12. The molecule has 0 radical (unpaired) electrons. The molecular weight excluding hydrogens is 432 g/mol. The molecule has 0 spiro atoms. The van der Waals surface area contributed by atoms with E-state index in [2.05, 4.69) is 15.4 Å². The van der Waals surface area contributed by atoms with E-state index in [1.54, 1.807) is 24.3 Å². The normalized spacial score (nSPS) is 11.4. The van der Waals surface area contributed by atoms with Crippen molar-refractivity contribution in [3.63, 3.8) is 0 Å². The lowest BCUT2D eigenvalue weighted by atomic mass is 10.1.